The Morgan fingerprint density at radius 1 is 1.17 bits per heavy atom. The number of nitrogens with zero attached hydrogens (tertiary/aromatic N) is 1. The van der Waals surface area contributed by atoms with Gasteiger partial charge in [-0.1, -0.05) is 18.2 Å². The summed E-state index contributed by atoms with van der Waals surface area (Å²) in [5.74, 6) is 0. The van der Waals surface area contributed by atoms with Crippen molar-refractivity contribution in [2.24, 2.45) is 0 Å². The molecule has 0 atom stereocenters. The van der Waals surface area contributed by atoms with Crippen molar-refractivity contribution in [2.45, 2.75) is 13.0 Å². The van der Waals surface area contributed by atoms with E-state index in [0.717, 1.165) is 38.3 Å². The third-order valence-corrected chi connectivity index (χ3v) is 2.82. The molecular weight excluding hydrogens is 281 g/mol. The smallest absolute Gasteiger partial charge is 0.263 e. The quantitative estimate of drug-likeness (QED) is 0.923. The highest BCUT2D eigenvalue weighted by Gasteiger charge is 2.11. The van der Waals surface area contributed by atoms with Gasteiger partial charge in [0.05, 0.1) is 0 Å². The molecule has 1 fully saturated rings. The zero-order valence-corrected chi connectivity index (χ0v) is 11.6. The van der Waals surface area contributed by atoms with Crippen molar-refractivity contribution in [1.29, 1.82) is 0 Å². The minimum atomic E-state index is -2.37. The van der Waals surface area contributed by atoms with Gasteiger partial charge in [0, 0.05) is 38.3 Å². The monoisotopic (exact) mass is 298 g/mol. The van der Waals surface area contributed by atoms with E-state index in [-0.39, 0.29) is 30.4 Å². The Bertz CT molecular complexity index is 345. The van der Waals surface area contributed by atoms with Crippen LogP contribution in [0.5, 0.6) is 0 Å². The minimum Gasteiger partial charge on any atom is -0.314 e. The predicted molar refractivity (Wildman–Crippen MR) is 74.0 cm³/mol. The van der Waals surface area contributed by atoms with E-state index in [1.807, 2.05) is 6.07 Å². The molecule has 104 valence electrons. The highest BCUT2D eigenvalue weighted by atomic mass is 35.5. The van der Waals surface area contributed by atoms with Gasteiger partial charge in [-0.15, -0.1) is 24.8 Å². The van der Waals surface area contributed by atoms with Gasteiger partial charge >= 0.3 is 0 Å². The molecule has 0 amide bonds. The Labute approximate surface area is 119 Å². The number of nitrogens with one attached hydrogen (secondary N) is 1. The van der Waals surface area contributed by atoms with Crippen LogP contribution in [0.1, 0.15) is 17.6 Å². The van der Waals surface area contributed by atoms with Crippen molar-refractivity contribution in [3.05, 3.63) is 35.4 Å². The number of halogens is 4. The molecule has 2 nitrogen and oxygen atoms in total. The molecule has 0 spiro atoms. The van der Waals surface area contributed by atoms with Crippen molar-refractivity contribution in [3.63, 3.8) is 0 Å². The van der Waals surface area contributed by atoms with Crippen LogP contribution in [0.3, 0.4) is 0 Å². The average Bonchev–Trinajstić information content (AvgIpc) is 2.30. The minimum absolute atomic E-state index is 0. The largest absolute Gasteiger partial charge is 0.314 e. The third kappa shape index (κ3) is 5.06. The van der Waals surface area contributed by atoms with E-state index in [9.17, 15) is 8.78 Å². The fraction of sp³-hybridized carbons (Fsp3) is 0.500. The number of alkyl halides is 2. The van der Waals surface area contributed by atoms with Gasteiger partial charge in [0.2, 0.25) is 0 Å². The molecule has 1 heterocycles. The number of piperazine rings is 1. The molecule has 1 saturated heterocycles. The van der Waals surface area contributed by atoms with Crippen LogP contribution >= 0.6 is 24.8 Å². The Hall–Kier alpha value is -0.420. The molecule has 0 saturated carbocycles. The van der Waals surface area contributed by atoms with Crippen molar-refractivity contribution in [1.82, 2.24) is 10.2 Å². The fourth-order valence-electron chi connectivity index (χ4n) is 1.95. The summed E-state index contributed by atoms with van der Waals surface area (Å²) in [6.07, 6.45) is -2.37. The van der Waals surface area contributed by atoms with Crippen LogP contribution in [0, 0.1) is 0 Å². The summed E-state index contributed by atoms with van der Waals surface area (Å²) in [6.45, 7) is 4.70. The lowest BCUT2D eigenvalue weighted by Gasteiger charge is -2.27. The van der Waals surface area contributed by atoms with Crippen LogP contribution in [-0.2, 0) is 6.54 Å². The SMILES string of the molecule is Cl.Cl.FC(F)c1cccc(CN2CCNCC2)c1. The van der Waals surface area contributed by atoms with Crippen LogP contribution in [0.4, 0.5) is 8.78 Å². The lowest BCUT2D eigenvalue weighted by molar-refractivity contribution is 0.151. The standard InChI is InChI=1S/C12H16F2N2.2ClH/c13-12(14)11-3-1-2-10(8-11)9-16-6-4-15-5-7-16;;/h1-3,8,12,15H,4-7,9H2;2*1H. The number of hydrogen-bond acceptors (Lipinski definition) is 2. The molecule has 1 aromatic carbocycles. The van der Waals surface area contributed by atoms with Gasteiger partial charge in [-0.25, -0.2) is 8.78 Å². The second-order valence-corrected chi connectivity index (χ2v) is 4.07. The highest BCUT2D eigenvalue weighted by molar-refractivity contribution is 5.85. The van der Waals surface area contributed by atoms with Gasteiger partial charge in [-0.3, -0.25) is 4.90 Å². The number of rotatable bonds is 3. The summed E-state index contributed by atoms with van der Waals surface area (Å²) in [6, 6.07) is 6.70. The van der Waals surface area contributed by atoms with Gasteiger partial charge < -0.3 is 5.32 Å². The van der Waals surface area contributed by atoms with Gasteiger partial charge in [0.25, 0.3) is 6.43 Å². The molecule has 1 aromatic rings. The maximum atomic E-state index is 12.5. The molecule has 0 aliphatic carbocycles. The molecule has 0 unspecified atom stereocenters. The van der Waals surface area contributed by atoms with Crippen molar-refractivity contribution in [3.8, 4) is 0 Å². The molecular formula is C12H18Cl2F2N2. The predicted octanol–water partition coefficient (Wildman–Crippen LogP) is 2.87. The zero-order valence-electron chi connectivity index (χ0n) is 9.94. The molecule has 18 heavy (non-hydrogen) atoms. The first-order chi connectivity index (χ1) is 7.75. The van der Waals surface area contributed by atoms with Crippen molar-refractivity contribution in [2.75, 3.05) is 26.2 Å². The number of hydrogen-bond donors (Lipinski definition) is 1. The summed E-state index contributed by atoms with van der Waals surface area (Å²) in [5, 5.41) is 3.27. The van der Waals surface area contributed by atoms with E-state index in [0.29, 0.717) is 0 Å². The third-order valence-electron chi connectivity index (χ3n) is 2.82. The first kappa shape index (κ1) is 17.6. The second-order valence-electron chi connectivity index (χ2n) is 4.07. The summed E-state index contributed by atoms with van der Waals surface area (Å²) in [7, 11) is 0. The van der Waals surface area contributed by atoms with Gasteiger partial charge in [0.15, 0.2) is 0 Å². The average molecular weight is 299 g/mol. The fourth-order valence-corrected chi connectivity index (χ4v) is 1.95. The van der Waals surface area contributed by atoms with Crippen LogP contribution in [0.2, 0.25) is 0 Å². The molecule has 1 aliphatic heterocycles. The highest BCUT2D eigenvalue weighted by Crippen LogP contribution is 2.20. The summed E-state index contributed by atoms with van der Waals surface area (Å²) in [4.78, 5) is 2.28. The van der Waals surface area contributed by atoms with Gasteiger partial charge in [-0.05, 0) is 11.6 Å². The molecule has 0 bridgehead atoms. The van der Waals surface area contributed by atoms with E-state index in [1.165, 1.54) is 6.07 Å². The molecule has 6 heteroatoms. The van der Waals surface area contributed by atoms with Crippen LogP contribution in [-0.4, -0.2) is 31.1 Å². The van der Waals surface area contributed by atoms with Crippen LogP contribution in [0.25, 0.3) is 0 Å². The summed E-state index contributed by atoms with van der Waals surface area (Å²) < 4.78 is 25.0. The van der Waals surface area contributed by atoms with E-state index < -0.39 is 6.43 Å². The maximum Gasteiger partial charge on any atom is 0.263 e. The normalized spacial score (nSPS) is 15.9. The maximum absolute atomic E-state index is 12.5. The molecule has 2 rings (SSSR count). The Balaban J connectivity index is 0.00000144. The van der Waals surface area contributed by atoms with E-state index >= 15 is 0 Å². The first-order valence-corrected chi connectivity index (χ1v) is 5.56. The van der Waals surface area contributed by atoms with Crippen molar-refractivity contribution >= 4 is 24.8 Å². The lowest BCUT2D eigenvalue weighted by Crippen LogP contribution is -2.42. The molecule has 1 N–H and O–H groups in total. The number of benzene rings is 1. The van der Waals surface area contributed by atoms with E-state index in [4.69, 9.17) is 0 Å². The van der Waals surface area contributed by atoms with E-state index in [1.54, 1.807) is 12.1 Å². The van der Waals surface area contributed by atoms with Crippen LogP contribution < -0.4 is 5.32 Å². The summed E-state index contributed by atoms with van der Waals surface area (Å²) >= 11 is 0. The first-order valence-electron chi connectivity index (χ1n) is 5.56. The summed E-state index contributed by atoms with van der Waals surface area (Å²) in [5.41, 5.74) is 1.09. The van der Waals surface area contributed by atoms with Crippen molar-refractivity contribution < 1.29 is 8.78 Å². The van der Waals surface area contributed by atoms with Gasteiger partial charge in [0.1, 0.15) is 0 Å². The Morgan fingerprint density at radius 2 is 1.83 bits per heavy atom. The molecule has 1 aliphatic rings. The van der Waals surface area contributed by atoms with E-state index in [2.05, 4.69) is 10.2 Å². The molecule has 0 radical (unpaired) electrons. The Morgan fingerprint density at radius 3 is 2.44 bits per heavy atom. The lowest BCUT2D eigenvalue weighted by atomic mass is 10.1. The zero-order chi connectivity index (χ0) is 11.4. The Kier molecular flexibility index (Phi) is 8.44. The topological polar surface area (TPSA) is 15.3 Å². The second kappa shape index (κ2) is 8.64. The molecule has 0 aromatic heterocycles. The van der Waals surface area contributed by atoms with Crippen LogP contribution in [0.15, 0.2) is 24.3 Å². The van der Waals surface area contributed by atoms with Gasteiger partial charge in [-0.2, -0.15) is 0 Å².